The molecule has 108 valence electrons. The lowest BCUT2D eigenvalue weighted by molar-refractivity contribution is 0.00823. The van der Waals surface area contributed by atoms with E-state index in [-0.39, 0.29) is 6.23 Å². The summed E-state index contributed by atoms with van der Waals surface area (Å²) in [5.41, 5.74) is 8.70. The zero-order valence-corrected chi connectivity index (χ0v) is 11.8. The smallest absolute Gasteiger partial charge is 0.220 e. The number of nitrogen functional groups attached to an aromatic ring is 1. The average Bonchev–Trinajstić information content (AvgIpc) is 2.55. The van der Waals surface area contributed by atoms with Crippen LogP contribution in [-0.2, 0) is 0 Å². The Morgan fingerprint density at radius 3 is 2.81 bits per heavy atom. The minimum atomic E-state index is -0.101. The Balaban J connectivity index is 1.82. The van der Waals surface area contributed by atoms with Crippen molar-refractivity contribution in [3.05, 3.63) is 36.0 Å². The van der Waals surface area contributed by atoms with Crippen LogP contribution >= 0.6 is 0 Å². The summed E-state index contributed by atoms with van der Waals surface area (Å²) in [5.74, 6) is 1.18. The molecule has 1 fully saturated rings. The fourth-order valence-electron chi connectivity index (χ4n) is 3.17. The summed E-state index contributed by atoms with van der Waals surface area (Å²) < 4.78 is 6.24. The van der Waals surface area contributed by atoms with Crippen molar-refractivity contribution in [1.82, 2.24) is 14.9 Å². The molecule has 1 aromatic heterocycles. The van der Waals surface area contributed by atoms with Crippen molar-refractivity contribution in [2.24, 2.45) is 0 Å². The van der Waals surface area contributed by atoms with E-state index in [0.717, 1.165) is 35.7 Å². The number of piperidine rings is 1. The highest BCUT2D eigenvalue weighted by Gasteiger charge is 2.32. The van der Waals surface area contributed by atoms with Crippen LogP contribution in [0.1, 0.15) is 31.1 Å². The van der Waals surface area contributed by atoms with Gasteiger partial charge in [0.15, 0.2) is 6.23 Å². The molecular formula is C16H18N4O. The van der Waals surface area contributed by atoms with Crippen LogP contribution < -0.4 is 10.5 Å². The molecule has 2 aromatic rings. The zero-order chi connectivity index (χ0) is 14.2. The van der Waals surface area contributed by atoms with E-state index in [9.17, 15) is 0 Å². The Bertz CT molecular complexity index is 667. The maximum absolute atomic E-state index is 6.24. The van der Waals surface area contributed by atoms with Gasteiger partial charge in [-0.2, -0.15) is 0 Å². The Kier molecular flexibility index (Phi) is 3.00. The van der Waals surface area contributed by atoms with E-state index in [0.29, 0.717) is 5.95 Å². The van der Waals surface area contributed by atoms with Crippen LogP contribution in [0.4, 0.5) is 5.95 Å². The first-order valence-corrected chi connectivity index (χ1v) is 7.45. The van der Waals surface area contributed by atoms with E-state index in [1.807, 2.05) is 30.5 Å². The van der Waals surface area contributed by atoms with Gasteiger partial charge in [0.05, 0.1) is 11.3 Å². The highest BCUT2D eigenvalue weighted by molar-refractivity contribution is 5.72. The number of hydrogen-bond donors (Lipinski definition) is 1. The number of nitrogens with zero attached hydrogens (tertiary/aromatic N) is 3. The van der Waals surface area contributed by atoms with Crippen molar-refractivity contribution < 1.29 is 4.74 Å². The van der Waals surface area contributed by atoms with Gasteiger partial charge >= 0.3 is 0 Å². The fraction of sp³-hybridized carbons (Fsp3) is 0.375. The molecule has 2 N–H and O–H groups in total. The molecule has 1 aromatic carbocycles. The predicted octanol–water partition coefficient (Wildman–Crippen LogP) is 2.60. The molecule has 0 amide bonds. The van der Waals surface area contributed by atoms with Gasteiger partial charge in [-0.1, -0.05) is 18.6 Å². The number of hydrogen-bond acceptors (Lipinski definition) is 5. The molecule has 21 heavy (non-hydrogen) atoms. The lowest BCUT2D eigenvalue weighted by Gasteiger charge is -2.37. The van der Waals surface area contributed by atoms with Crippen molar-refractivity contribution in [3.8, 4) is 17.0 Å². The van der Waals surface area contributed by atoms with Gasteiger partial charge in [-0.25, -0.2) is 9.97 Å². The van der Waals surface area contributed by atoms with Crippen LogP contribution in [0.15, 0.2) is 30.5 Å². The van der Waals surface area contributed by atoms with E-state index in [4.69, 9.17) is 10.5 Å². The van der Waals surface area contributed by atoms with Crippen LogP contribution in [0, 0.1) is 0 Å². The fourth-order valence-corrected chi connectivity index (χ4v) is 3.17. The van der Waals surface area contributed by atoms with E-state index in [1.165, 1.54) is 19.3 Å². The van der Waals surface area contributed by atoms with Gasteiger partial charge < -0.3 is 10.5 Å². The van der Waals surface area contributed by atoms with Crippen molar-refractivity contribution in [2.45, 2.75) is 25.5 Å². The van der Waals surface area contributed by atoms with Crippen molar-refractivity contribution >= 4 is 5.95 Å². The van der Waals surface area contributed by atoms with Gasteiger partial charge in [0.25, 0.3) is 0 Å². The summed E-state index contributed by atoms with van der Waals surface area (Å²) in [4.78, 5) is 11.0. The molecule has 5 nitrogen and oxygen atoms in total. The molecular weight excluding hydrogens is 264 g/mol. The van der Waals surface area contributed by atoms with E-state index >= 15 is 0 Å². The molecule has 1 saturated heterocycles. The van der Waals surface area contributed by atoms with Crippen LogP contribution in [0.25, 0.3) is 11.3 Å². The maximum Gasteiger partial charge on any atom is 0.220 e. The molecule has 0 spiro atoms. The Morgan fingerprint density at radius 1 is 1.14 bits per heavy atom. The Morgan fingerprint density at radius 2 is 1.95 bits per heavy atom. The number of rotatable bonds is 1. The molecule has 4 rings (SSSR count). The largest absolute Gasteiger partial charge is 0.470 e. The van der Waals surface area contributed by atoms with Gasteiger partial charge in [-0.05, 0) is 25.0 Å². The van der Waals surface area contributed by atoms with Gasteiger partial charge in [-0.3, -0.25) is 4.90 Å². The first kappa shape index (κ1) is 12.6. The van der Waals surface area contributed by atoms with Crippen molar-refractivity contribution in [2.75, 3.05) is 18.8 Å². The topological polar surface area (TPSA) is 64.3 Å². The highest BCUT2D eigenvalue weighted by Crippen LogP contribution is 2.42. The summed E-state index contributed by atoms with van der Waals surface area (Å²) in [6.07, 6.45) is 5.44. The van der Waals surface area contributed by atoms with Gasteiger partial charge in [-0.15, -0.1) is 0 Å². The van der Waals surface area contributed by atoms with Gasteiger partial charge in [0.2, 0.25) is 5.95 Å². The third-order valence-electron chi connectivity index (χ3n) is 4.20. The molecule has 1 atom stereocenters. The molecule has 2 aliphatic heterocycles. The number of fused-ring (bicyclic) bond motifs is 3. The lowest BCUT2D eigenvalue weighted by atomic mass is 10.0. The van der Waals surface area contributed by atoms with Gasteiger partial charge in [0, 0.05) is 24.8 Å². The number of aromatic nitrogens is 2. The average molecular weight is 282 g/mol. The number of para-hydroxylation sites is 1. The van der Waals surface area contributed by atoms with Crippen LogP contribution in [-0.4, -0.2) is 28.0 Å². The van der Waals surface area contributed by atoms with Crippen LogP contribution in [0.5, 0.6) is 5.75 Å². The summed E-state index contributed by atoms with van der Waals surface area (Å²) in [7, 11) is 0. The van der Waals surface area contributed by atoms with Crippen LogP contribution in [0.2, 0.25) is 0 Å². The molecule has 0 aliphatic carbocycles. The number of anilines is 1. The van der Waals surface area contributed by atoms with Crippen molar-refractivity contribution in [1.29, 1.82) is 0 Å². The second kappa shape index (κ2) is 5.00. The molecule has 0 bridgehead atoms. The molecule has 0 unspecified atom stereocenters. The summed E-state index contributed by atoms with van der Waals surface area (Å²) in [6, 6.07) is 7.99. The standard InChI is InChI=1S/C16H18N4O/c17-16-18-10-12-14(19-16)11-6-2-3-7-13(11)21-15(12)20-8-4-1-5-9-20/h2-3,6-7,10,15H,1,4-5,8-9H2,(H2,17,18,19)/t15-/m1/s1. The lowest BCUT2D eigenvalue weighted by Crippen LogP contribution is -2.38. The SMILES string of the molecule is Nc1ncc2c(n1)-c1ccccc1O[C@H]2N1CCCCC1. The van der Waals surface area contributed by atoms with Gasteiger partial charge in [0.1, 0.15) is 5.75 Å². The molecule has 3 heterocycles. The minimum Gasteiger partial charge on any atom is -0.470 e. The second-order valence-corrected chi connectivity index (χ2v) is 5.60. The monoisotopic (exact) mass is 282 g/mol. The Labute approximate surface area is 123 Å². The number of ether oxygens (including phenoxy) is 1. The first-order chi connectivity index (χ1) is 10.3. The Hall–Kier alpha value is -2.14. The summed E-state index contributed by atoms with van der Waals surface area (Å²) in [5, 5.41) is 0. The second-order valence-electron chi connectivity index (χ2n) is 5.60. The summed E-state index contributed by atoms with van der Waals surface area (Å²) in [6.45, 7) is 2.10. The van der Waals surface area contributed by atoms with Crippen LogP contribution in [0.3, 0.4) is 0 Å². The molecule has 5 heteroatoms. The first-order valence-electron chi connectivity index (χ1n) is 7.45. The van der Waals surface area contributed by atoms with E-state index in [1.54, 1.807) is 0 Å². The quantitative estimate of drug-likeness (QED) is 0.871. The highest BCUT2D eigenvalue weighted by atomic mass is 16.5. The number of benzene rings is 1. The molecule has 0 radical (unpaired) electrons. The predicted molar refractivity (Wildman–Crippen MR) is 80.7 cm³/mol. The maximum atomic E-state index is 6.24. The number of likely N-dealkylation sites (tertiary alicyclic amines) is 1. The molecule has 2 aliphatic rings. The molecule has 0 saturated carbocycles. The zero-order valence-electron chi connectivity index (χ0n) is 11.8. The number of nitrogens with two attached hydrogens (primary N) is 1. The third kappa shape index (κ3) is 2.14. The van der Waals surface area contributed by atoms with Crippen molar-refractivity contribution in [3.63, 3.8) is 0 Å². The minimum absolute atomic E-state index is 0.101. The summed E-state index contributed by atoms with van der Waals surface area (Å²) >= 11 is 0. The van der Waals surface area contributed by atoms with E-state index < -0.39 is 0 Å². The normalized spacial score (nSPS) is 21.2. The third-order valence-corrected chi connectivity index (χ3v) is 4.20. The van der Waals surface area contributed by atoms with E-state index in [2.05, 4.69) is 14.9 Å².